The van der Waals surface area contributed by atoms with Gasteiger partial charge in [0.2, 0.25) is 0 Å². The molecule has 0 aliphatic rings. The summed E-state index contributed by atoms with van der Waals surface area (Å²) in [6.07, 6.45) is 12.4. The van der Waals surface area contributed by atoms with Crippen molar-refractivity contribution in [3.05, 3.63) is 57.6 Å². The molecule has 0 aromatic heterocycles. The van der Waals surface area contributed by atoms with Crippen LogP contribution in [0.1, 0.15) is 98.6 Å². The van der Waals surface area contributed by atoms with Crippen molar-refractivity contribution in [1.82, 2.24) is 0 Å². The number of phenols is 2. The van der Waals surface area contributed by atoms with Gasteiger partial charge in [-0.3, -0.25) is 0 Å². The number of benzene rings is 2. The molecule has 0 unspecified atom stereocenters. The molecule has 0 saturated heterocycles. The van der Waals surface area contributed by atoms with Crippen molar-refractivity contribution in [2.24, 2.45) is 0 Å². The van der Waals surface area contributed by atoms with E-state index < -0.39 is 0 Å². The Balaban J connectivity index is 2.15. The topological polar surface area (TPSA) is 40.5 Å². The molecule has 0 radical (unpaired) electrons. The zero-order valence-corrected chi connectivity index (χ0v) is 19.0. The molecule has 0 saturated carbocycles. The smallest absolute Gasteiger partial charge is 0.121 e. The number of aromatic hydroxyl groups is 2. The summed E-state index contributed by atoms with van der Waals surface area (Å²) in [4.78, 5) is 0. The van der Waals surface area contributed by atoms with E-state index in [2.05, 4.69) is 38.1 Å². The van der Waals surface area contributed by atoms with E-state index in [1.807, 2.05) is 13.8 Å². The molecule has 0 bridgehead atoms. The number of phenolic OH excluding ortho intramolecular Hbond substituents is 2. The summed E-state index contributed by atoms with van der Waals surface area (Å²) < 4.78 is 0. The molecule has 0 aliphatic carbocycles. The van der Waals surface area contributed by atoms with Crippen molar-refractivity contribution in [2.45, 2.75) is 98.3 Å². The van der Waals surface area contributed by atoms with Gasteiger partial charge in [0.1, 0.15) is 11.5 Å². The van der Waals surface area contributed by atoms with Crippen LogP contribution in [-0.4, -0.2) is 10.2 Å². The van der Waals surface area contributed by atoms with Crippen LogP contribution < -0.4 is 0 Å². The van der Waals surface area contributed by atoms with Crippen LogP contribution in [0.4, 0.5) is 0 Å². The molecule has 0 atom stereocenters. The first-order valence-electron chi connectivity index (χ1n) is 11.6. The molecule has 29 heavy (non-hydrogen) atoms. The van der Waals surface area contributed by atoms with E-state index in [9.17, 15) is 10.2 Å². The average Bonchev–Trinajstić information content (AvgIpc) is 2.69. The highest BCUT2D eigenvalue weighted by Crippen LogP contribution is 2.30. The molecule has 0 spiro atoms. The number of hydrogen-bond acceptors (Lipinski definition) is 2. The highest BCUT2D eigenvalue weighted by atomic mass is 16.3. The maximum atomic E-state index is 10.5. The Kier molecular flexibility index (Phi) is 9.57. The highest BCUT2D eigenvalue weighted by Gasteiger charge is 2.11. The van der Waals surface area contributed by atoms with E-state index in [1.54, 1.807) is 0 Å². The fourth-order valence-corrected chi connectivity index (χ4v) is 4.17. The van der Waals surface area contributed by atoms with E-state index in [-0.39, 0.29) is 0 Å². The molecular weight excluding hydrogens is 356 g/mol. The number of aryl methyl sites for hydroxylation is 4. The molecule has 2 aromatic rings. The van der Waals surface area contributed by atoms with Gasteiger partial charge in [-0.2, -0.15) is 0 Å². The largest absolute Gasteiger partial charge is 0.507 e. The van der Waals surface area contributed by atoms with Gasteiger partial charge in [-0.25, -0.2) is 0 Å². The number of unbranched alkanes of at least 4 members (excludes halogenated alkanes) is 6. The third-order valence-corrected chi connectivity index (χ3v) is 5.89. The van der Waals surface area contributed by atoms with Gasteiger partial charge in [0, 0.05) is 0 Å². The Hall–Kier alpha value is -1.96. The lowest BCUT2D eigenvalue weighted by Crippen LogP contribution is -1.97. The van der Waals surface area contributed by atoms with Crippen LogP contribution >= 0.6 is 0 Å². The Morgan fingerprint density at radius 2 is 1.00 bits per heavy atom. The predicted octanol–water partition coefficient (Wildman–Crippen LogP) is 7.55. The van der Waals surface area contributed by atoms with Gasteiger partial charge in [0.15, 0.2) is 0 Å². The average molecular weight is 397 g/mol. The first kappa shape index (κ1) is 23.3. The zero-order chi connectivity index (χ0) is 21.2. The van der Waals surface area contributed by atoms with Crippen molar-refractivity contribution in [2.75, 3.05) is 0 Å². The summed E-state index contributed by atoms with van der Waals surface area (Å²) in [6.45, 7) is 8.44. The quantitative estimate of drug-likeness (QED) is 0.364. The Bertz CT molecular complexity index is 711. The Morgan fingerprint density at radius 1 is 0.586 bits per heavy atom. The lowest BCUT2D eigenvalue weighted by atomic mass is 9.93. The van der Waals surface area contributed by atoms with E-state index in [0.717, 1.165) is 54.4 Å². The Morgan fingerprint density at radius 3 is 1.38 bits per heavy atom. The molecule has 0 heterocycles. The second kappa shape index (κ2) is 11.9. The second-order valence-electron chi connectivity index (χ2n) is 8.64. The molecular formula is C27H40O2. The lowest BCUT2D eigenvalue weighted by Gasteiger charge is -2.14. The van der Waals surface area contributed by atoms with Gasteiger partial charge >= 0.3 is 0 Å². The summed E-state index contributed by atoms with van der Waals surface area (Å²) in [5.41, 5.74) is 6.56. The molecule has 0 fully saturated rings. The summed E-state index contributed by atoms with van der Waals surface area (Å²) >= 11 is 0. The fraction of sp³-hybridized carbons (Fsp3) is 0.556. The number of rotatable bonds is 12. The highest BCUT2D eigenvalue weighted by molar-refractivity contribution is 5.47. The standard InChI is InChI=1S/C27H40O2/c1-5-7-9-11-13-24-18-22(15-20(3)26(24)28)17-23-16-21(4)27(29)25(19-23)14-12-10-8-6-2/h15-16,18-19,28-29H,5-14,17H2,1-4H3. The van der Waals surface area contributed by atoms with Gasteiger partial charge in [0.25, 0.3) is 0 Å². The predicted molar refractivity (Wildman–Crippen MR) is 124 cm³/mol. The number of hydrogen-bond donors (Lipinski definition) is 2. The van der Waals surface area contributed by atoms with Crippen LogP contribution in [0.5, 0.6) is 11.5 Å². The van der Waals surface area contributed by atoms with Crippen LogP contribution in [0.25, 0.3) is 0 Å². The van der Waals surface area contributed by atoms with E-state index in [0.29, 0.717) is 11.5 Å². The fourth-order valence-electron chi connectivity index (χ4n) is 4.17. The van der Waals surface area contributed by atoms with Gasteiger partial charge in [-0.1, -0.05) is 76.6 Å². The van der Waals surface area contributed by atoms with Gasteiger partial charge in [0.05, 0.1) is 0 Å². The van der Waals surface area contributed by atoms with Crippen LogP contribution in [0.3, 0.4) is 0 Å². The second-order valence-corrected chi connectivity index (χ2v) is 8.64. The molecule has 2 nitrogen and oxygen atoms in total. The third-order valence-electron chi connectivity index (χ3n) is 5.89. The molecule has 0 aliphatic heterocycles. The maximum absolute atomic E-state index is 10.5. The maximum Gasteiger partial charge on any atom is 0.121 e. The molecule has 160 valence electrons. The minimum Gasteiger partial charge on any atom is -0.507 e. The van der Waals surface area contributed by atoms with E-state index in [4.69, 9.17) is 0 Å². The molecule has 2 N–H and O–H groups in total. The minimum absolute atomic E-state index is 0.462. The van der Waals surface area contributed by atoms with Crippen molar-refractivity contribution in [1.29, 1.82) is 0 Å². The van der Waals surface area contributed by atoms with E-state index >= 15 is 0 Å². The molecule has 0 amide bonds. The SMILES string of the molecule is CCCCCCc1cc(Cc2cc(C)c(O)c(CCCCCC)c2)cc(C)c1O. The first-order chi connectivity index (χ1) is 14.0. The van der Waals surface area contributed by atoms with Gasteiger partial charge in [-0.15, -0.1) is 0 Å². The third kappa shape index (κ3) is 7.10. The van der Waals surface area contributed by atoms with E-state index in [1.165, 1.54) is 49.7 Å². The van der Waals surface area contributed by atoms with Crippen LogP contribution in [-0.2, 0) is 19.3 Å². The summed E-state index contributed by atoms with van der Waals surface area (Å²) in [5, 5.41) is 21.0. The van der Waals surface area contributed by atoms with Crippen LogP contribution in [0.15, 0.2) is 24.3 Å². The van der Waals surface area contributed by atoms with Crippen LogP contribution in [0, 0.1) is 13.8 Å². The zero-order valence-electron chi connectivity index (χ0n) is 19.0. The Labute approximate surface area is 178 Å². The monoisotopic (exact) mass is 396 g/mol. The van der Waals surface area contributed by atoms with Crippen molar-refractivity contribution in [3.8, 4) is 11.5 Å². The molecule has 2 heteroatoms. The van der Waals surface area contributed by atoms with Gasteiger partial charge < -0.3 is 10.2 Å². The van der Waals surface area contributed by atoms with Crippen molar-refractivity contribution < 1.29 is 10.2 Å². The molecule has 2 rings (SSSR count). The lowest BCUT2D eigenvalue weighted by molar-refractivity contribution is 0.461. The summed E-state index contributed by atoms with van der Waals surface area (Å²) in [6, 6.07) is 8.57. The summed E-state index contributed by atoms with van der Waals surface area (Å²) in [5.74, 6) is 0.924. The van der Waals surface area contributed by atoms with Crippen molar-refractivity contribution >= 4 is 0 Å². The minimum atomic E-state index is 0.462. The van der Waals surface area contributed by atoms with Gasteiger partial charge in [-0.05, 0) is 79.3 Å². The summed E-state index contributed by atoms with van der Waals surface area (Å²) in [7, 11) is 0. The first-order valence-corrected chi connectivity index (χ1v) is 11.6. The normalized spacial score (nSPS) is 11.2. The van der Waals surface area contributed by atoms with Crippen molar-refractivity contribution in [3.63, 3.8) is 0 Å². The van der Waals surface area contributed by atoms with Crippen LogP contribution in [0.2, 0.25) is 0 Å². The molecule has 2 aromatic carbocycles.